The maximum Gasteiger partial charge on any atom is 0.412 e. The lowest BCUT2D eigenvalue weighted by atomic mass is 9.83. The number of nitrogens with two attached hydrogens (primary N) is 1. The molecular weight excluding hydrogens is 1360 g/mol. The van der Waals surface area contributed by atoms with E-state index in [9.17, 15) is 44.4 Å². The van der Waals surface area contributed by atoms with Gasteiger partial charge in [0.05, 0.1) is 44.0 Å². The molecule has 28 nitrogen and oxygen atoms in total. The third kappa shape index (κ3) is 18.4. The molecule has 105 heavy (non-hydrogen) atoms. The van der Waals surface area contributed by atoms with Gasteiger partial charge in [-0.3, -0.25) is 9.80 Å². The largest absolute Gasteiger partial charge is 0.445 e. The maximum absolute atomic E-state index is 14.4. The van der Waals surface area contributed by atoms with Crippen molar-refractivity contribution in [2.24, 2.45) is 5.73 Å². The van der Waals surface area contributed by atoms with Crippen molar-refractivity contribution in [3.8, 4) is 0 Å². The summed E-state index contributed by atoms with van der Waals surface area (Å²) in [7, 11) is 0. The number of aliphatic hydroxyl groups is 4. The summed E-state index contributed by atoms with van der Waals surface area (Å²) >= 11 is 0. The van der Waals surface area contributed by atoms with Crippen molar-refractivity contribution in [3.63, 3.8) is 0 Å². The highest BCUT2D eigenvalue weighted by Crippen LogP contribution is 2.42. The molecule has 6 aliphatic rings. The lowest BCUT2D eigenvalue weighted by molar-refractivity contribution is -0.323. The fourth-order valence-electron chi connectivity index (χ4n) is 13.7. The first-order valence-electron chi connectivity index (χ1n) is 34.8. The number of ether oxygens (including phenoxy) is 13. The van der Waals surface area contributed by atoms with Gasteiger partial charge in [-0.2, -0.15) is 0 Å². The number of fused-ring (bicyclic) bond motifs is 2. The lowest BCUT2D eigenvalue weighted by Crippen LogP contribution is -2.69. The molecule has 0 aromatic heterocycles. The molecule has 5 amide bonds. The number of carbonyl (C=O) groups excluding carboxylic acids is 5. The second-order valence-corrected chi connectivity index (χ2v) is 26.3. The van der Waals surface area contributed by atoms with Crippen LogP contribution in [0, 0.1) is 0 Å². The Bertz CT molecular complexity index is 3930. The van der Waals surface area contributed by atoms with E-state index in [4.69, 9.17) is 67.3 Å². The minimum atomic E-state index is -1.95. The van der Waals surface area contributed by atoms with E-state index >= 15 is 0 Å². The zero-order chi connectivity index (χ0) is 72.8. The van der Waals surface area contributed by atoms with Crippen LogP contribution in [0.25, 0.3) is 0 Å². The number of alkyl carbamates (subject to hydrolysis) is 3. The Kier molecular flexibility index (Phi) is 24.5. The number of hydrogen-bond donors (Lipinski definition) is 8. The average molecular weight is 1450 g/mol. The Hall–Kier alpha value is -9.63. The third-order valence-electron chi connectivity index (χ3n) is 19.1. The van der Waals surface area contributed by atoms with Gasteiger partial charge < -0.3 is 104 Å². The van der Waals surface area contributed by atoms with Crippen molar-refractivity contribution in [1.29, 1.82) is 0 Å². The highest BCUT2D eigenvalue weighted by atomic mass is 16.8. The molecule has 5 aliphatic heterocycles. The first kappa shape index (κ1) is 73.7. The summed E-state index contributed by atoms with van der Waals surface area (Å²) in [4.78, 5) is 73.5. The molecule has 1 saturated carbocycles. The first-order valence-corrected chi connectivity index (χ1v) is 34.8. The van der Waals surface area contributed by atoms with E-state index in [0.717, 1.165) is 5.56 Å². The van der Waals surface area contributed by atoms with Crippen molar-refractivity contribution >= 4 is 30.5 Å². The Labute approximate surface area is 604 Å². The Morgan fingerprint density at radius 2 is 0.800 bits per heavy atom. The maximum atomic E-state index is 14.4. The molecule has 0 radical (unpaired) electrons. The molecule has 20 atom stereocenters. The molecule has 9 N–H and O–H groups in total. The van der Waals surface area contributed by atoms with Gasteiger partial charge >= 0.3 is 30.5 Å². The molecule has 5 saturated heterocycles. The summed E-state index contributed by atoms with van der Waals surface area (Å²) in [5, 5.41) is 57.2. The molecule has 5 heterocycles. The van der Waals surface area contributed by atoms with Crippen molar-refractivity contribution in [2.45, 2.75) is 169 Å². The summed E-state index contributed by atoms with van der Waals surface area (Å²) in [6.07, 6.45) is -28.2. The third-order valence-corrected chi connectivity index (χ3v) is 19.1. The number of nitrogens with one attached hydrogen (secondary N) is 3. The highest BCUT2D eigenvalue weighted by Gasteiger charge is 2.58. The van der Waals surface area contributed by atoms with Crippen LogP contribution in [0.1, 0.15) is 64.2 Å². The van der Waals surface area contributed by atoms with E-state index in [0.29, 0.717) is 33.4 Å². The van der Waals surface area contributed by atoms with Gasteiger partial charge in [0.2, 0.25) is 0 Å². The number of amides is 5. The van der Waals surface area contributed by atoms with Gasteiger partial charge in [-0.25, -0.2) is 24.0 Å². The molecule has 0 spiro atoms. The summed E-state index contributed by atoms with van der Waals surface area (Å²) in [6.45, 7) is -1.92. The van der Waals surface area contributed by atoms with Gasteiger partial charge in [0, 0.05) is 23.6 Å². The van der Waals surface area contributed by atoms with Gasteiger partial charge in [0.1, 0.15) is 94.0 Å². The van der Waals surface area contributed by atoms with Crippen LogP contribution < -0.4 is 21.7 Å². The zero-order valence-corrected chi connectivity index (χ0v) is 56.9. The van der Waals surface area contributed by atoms with Crippen LogP contribution in [0.2, 0.25) is 0 Å². The Balaban J connectivity index is 0.793. The number of benzene rings is 7. The molecule has 7 aromatic carbocycles. The van der Waals surface area contributed by atoms with Gasteiger partial charge in [-0.1, -0.05) is 212 Å². The monoisotopic (exact) mass is 1440 g/mol. The normalized spacial score (nSPS) is 29.9. The minimum Gasteiger partial charge on any atom is -0.445 e. The number of aliphatic hydroxyl groups excluding tert-OH is 4. The van der Waals surface area contributed by atoms with E-state index in [-0.39, 0.29) is 59.0 Å². The molecule has 7 aromatic rings. The predicted octanol–water partition coefficient (Wildman–Crippen LogP) is 6.87. The van der Waals surface area contributed by atoms with Gasteiger partial charge in [0.25, 0.3) is 0 Å². The molecule has 6 fully saturated rings. The number of nitrogens with zero attached hydrogens (tertiary/aromatic N) is 2. The van der Waals surface area contributed by atoms with Crippen LogP contribution >= 0.6 is 0 Å². The Morgan fingerprint density at radius 3 is 1.28 bits per heavy atom. The predicted molar refractivity (Wildman–Crippen MR) is 368 cm³/mol. The smallest absolute Gasteiger partial charge is 0.412 e. The number of hydrogen-bond acceptors (Lipinski definition) is 23. The molecule has 0 bridgehead atoms. The number of rotatable bonds is 22. The summed E-state index contributed by atoms with van der Waals surface area (Å²) in [5.41, 5.74) is 11.3. The van der Waals surface area contributed by atoms with Crippen LogP contribution in [0.5, 0.6) is 0 Å². The molecule has 2 unspecified atom stereocenters. The standard InChI is InChI=1S/C77H84N6O22/c78-53-36-54(79-73(88)93-41-46-22-8-1-9-23-46)64(103-70-55(80-74(89)94-42-47-24-10-2-11-25-47)37-56-57(99-70)38-82(68(98-56)51-32-18-6-19-33-51)76(91)96-44-49-28-14-4-15-29-49)67(61(53)85)105-72-63(87)66(59(40-84)101-72)104-71-60(81-75(90)95-43-48-26-12-3-13-27-48)62(86)65-58(100-71)39-83(69(102-65)52-34-20-7-21-35-52)77(92)97-45-50-30-16-5-17-31-50/h1-35,53-72,84-87H,36-45,78H2,(H,79,88)(H,80,89)(H,81,90)/t53-,54+,55-,56+,57-,58+,59-,60-,61+,62-,63-,64-,65-,66-,67-,68?,69?,70-,71-,72+/m1/s1. The fourth-order valence-corrected chi connectivity index (χ4v) is 13.7. The first-order chi connectivity index (χ1) is 51.2. The van der Waals surface area contributed by atoms with E-state index in [1.165, 1.54) is 9.80 Å². The molecule has 1 aliphatic carbocycles. The number of carbonyl (C=O) groups is 5. The van der Waals surface area contributed by atoms with Crippen LogP contribution in [0.15, 0.2) is 212 Å². The van der Waals surface area contributed by atoms with Gasteiger partial charge in [0.15, 0.2) is 31.3 Å². The van der Waals surface area contributed by atoms with Crippen molar-refractivity contribution < 1.29 is 106 Å². The fraction of sp³-hybridized carbons (Fsp3) is 0.390. The molecule has 13 rings (SSSR count). The molecular formula is C77H84N6O22. The second kappa shape index (κ2) is 35.0. The lowest BCUT2D eigenvalue weighted by Gasteiger charge is -2.51. The molecule has 28 heteroatoms. The summed E-state index contributed by atoms with van der Waals surface area (Å²) < 4.78 is 82.3. The summed E-state index contributed by atoms with van der Waals surface area (Å²) in [6, 6.07) is 57.4. The highest BCUT2D eigenvalue weighted by molar-refractivity contribution is 5.70. The van der Waals surface area contributed by atoms with Crippen LogP contribution in [-0.4, -0.2) is 191 Å². The Morgan fingerprint density at radius 1 is 0.400 bits per heavy atom. The van der Waals surface area contributed by atoms with Crippen LogP contribution in [0.3, 0.4) is 0 Å². The van der Waals surface area contributed by atoms with Crippen LogP contribution in [0.4, 0.5) is 24.0 Å². The van der Waals surface area contributed by atoms with E-state index < -0.39 is 160 Å². The van der Waals surface area contributed by atoms with Gasteiger partial charge in [-0.05, 0) is 34.2 Å². The van der Waals surface area contributed by atoms with E-state index in [1.54, 1.807) is 164 Å². The van der Waals surface area contributed by atoms with E-state index in [1.807, 2.05) is 48.5 Å². The second-order valence-electron chi connectivity index (χ2n) is 26.3. The zero-order valence-electron chi connectivity index (χ0n) is 56.9. The van der Waals surface area contributed by atoms with Crippen molar-refractivity contribution in [1.82, 2.24) is 25.8 Å². The average Bonchev–Trinajstić information content (AvgIpc) is 1.36. The quantitative estimate of drug-likeness (QED) is 0.0321. The summed E-state index contributed by atoms with van der Waals surface area (Å²) in [5.74, 6) is 0. The SMILES string of the molecule is N[C@@H]1C[C@H](NC(=O)OCc2ccccc2)[C@@H](O[C@H]2O[C@@H]3CN(C(=O)OCc4ccccc4)C(c4ccccc4)O[C@H]3C[C@H]2NC(=O)OCc2ccccc2)[C@H](O[C@@H]2O[C@H](CO)[C@@H](O[C@H]3O[C@H]4CN(C(=O)OCc5ccccc5)C(c5ccccc5)O[C@H]4[C@H](O)[C@H]3NC(=O)OCc3ccccc3)[C@H]2O)[C@H]1O. The van der Waals surface area contributed by atoms with Crippen LogP contribution in [-0.2, 0) is 94.6 Å². The molecule has 554 valence electrons. The van der Waals surface area contributed by atoms with E-state index in [2.05, 4.69) is 16.0 Å². The van der Waals surface area contributed by atoms with Crippen molar-refractivity contribution in [3.05, 3.63) is 251 Å². The van der Waals surface area contributed by atoms with Crippen molar-refractivity contribution in [2.75, 3.05) is 19.7 Å². The minimum absolute atomic E-state index is 0.0403. The van der Waals surface area contributed by atoms with Gasteiger partial charge in [-0.15, -0.1) is 0 Å². The topological polar surface area (TPSA) is 355 Å².